The van der Waals surface area contributed by atoms with Crippen LogP contribution in [0.2, 0.25) is 0 Å². The standard InChI is InChI=1S/C12H17NO2/c1-9-7-11(13(15)12(14)8-9)10-5-3-2-4-6-10/h7-8,10,15H,2-6H2,1H3/i1D,8D. The van der Waals surface area contributed by atoms with Crippen LogP contribution in [0.4, 0.5) is 0 Å². The van der Waals surface area contributed by atoms with E-state index in [1.165, 1.54) is 6.42 Å². The first-order chi connectivity index (χ1) is 8.15. The highest BCUT2D eigenvalue weighted by Gasteiger charge is 2.19. The third-order valence-electron chi connectivity index (χ3n) is 3.05. The van der Waals surface area contributed by atoms with Gasteiger partial charge in [-0.2, -0.15) is 4.73 Å². The van der Waals surface area contributed by atoms with Gasteiger partial charge in [0.2, 0.25) is 0 Å². The predicted octanol–water partition coefficient (Wildman–Crippen LogP) is 2.44. The van der Waals surface area contributed by atoms with Gasteiger partial charge in [-0.05, 0) is 31.4 Å². The van der Waals surface area contributed by atoms with Crippen molar-refractivity contribution < 1.29 is 7.95 Å². The fourth-order valence-corrected chi connectivity index (χ4v) is 2.27. The molecule has 0 saturated heterocycles. The first-order valence-corrected chi connectivity index (χ1v) is 5.39. The highest BCUT2D eigenvalue weighted by Crippen LogP contribution is 2.31. The summed E-state index contributed by atoms with van der Waals surface area (Å²) in [5, 5.41) is 9.77. The van der Waals surface area contributed by atoms with Gasteiger partial charge in [0.15, 0.2) is 0 Å². The Morgan fingerprint density at radius 2 is 2.27 bits per heavy atom. The third kappa shape index (κ3) is 2.06. The van der Waals surface area contributed by atoms with Gasteiger partial charge in [-0.1, -0.05) is 19.3 Å². The van der Waals surface area contributed by atoms with Gasteiger partial charge in [0.1, 0.15) is 0 Å². The molecule has 0 bridgehead atoms. The van der Waals surface area contributed by atoms with E-state index in [1.54, 1.807) is 6.07 Å². The van der Waals surface area contributed by atoms with Crippen LogP contribution >= 0.6 is 0 Å². The first-order valence-electron chi connectivity index (χ1n) is 6.59. The molecule has 1 N–H and O–H groups in total. The van der Waals surface area contributed by atoms with E-state index in [1.807, 2.05) is 0 Å². The first kappa shape index (κ1) is 7.97. The molecule has 1 aromatic heterocycles. The van der Waals surface area contributed by atoms with Gasteiger partial charge >= 0.3 is 0 Å². The molecule has 1 saturated carbocycles. The van der Waals surface area contributed by atoms with Crippen molar-refractivity contribution in [3.63, 3.8) is 0 Å². The molecule has 1 fully saturated rings. The topological polar surface area (TPSA) is 42.2 Å². The normalized spacial score (nSPS) is 19.7. The maximum Gasteiger partial charge on any atom is 0.283 e. The monoisotopic (exact) mass is 209 g/mol. The van der Waals surface area contributed by atoms with Crippen molar-refractivity contribution in [2.45, 2.75) is 44.9 Å². The third-order valence-corrected chi connectivity index (χ3v) is 3.05. The Labute approximate surface area is 92.1 Å². The largest absolute Gasteiger partial charge is 0.425 e. The highest BCUT2D eigenvalue weighted by atomic mass is 16.5. The number of hydrogen-bond donors (Lipinski definition) is 1. The number of rotatable bonds is 1. The fraction of sp³-hybridized carbons (Fsp3) is 0.583. The molecule has 0 amide bonds. The van der Waals surface area contributed by atoms with Gasteiger partial charge in [0.25, 0.3) is 5.56 Å². The van der Waals surface area contributed by atoms with E-state index in [0.29, 0.717) is 16.0 Å². The lowest BCUT2D eigenvalue weighted by Gasteiger charge is -2.22. The summed E-state index contributed by atoms with van der Waals surface area (Å²) in [6.45, 7) is -0.0887. The van der Waals surface area contributed by atoms with Gasteiger partial charge in [-0.15, -0.1) is 0 Å². The molecule has 1 heterocycles. The van der Waals surface area contributed by atoms with Gasteiger partial charge in [-0.3, -0.25) is 4.79 Å². The van der Waals surface area contributed by atoms with E-state index in [9.17, 15) is 10.0 Å². The SMILES string of the molecule is [2H]Cc1cc(C2CCCCC2)n(O)c(=O)c1[2H]. The molecule has 0 atom stereocenters. The van der Waals surface area contributed by atoms with E-state index in [0.717, 1.165) is 25.7 Å². The average molecular weight is 209 g/mol. The van der Waals surface area contributed by atoms with Crippen molar-refractivity contribution in [1.82, 2.24) is 4.73 Å². The average Bonchev–Trinajstić information content (AvgIpc) is 2.37. The molecule has 82 valence electrons. The quantitative estimate of drug-likeness (QED) is 0.722. The molecule has 1 aliphatic rings. The Balaban J connectivity index is 2.45. The molecule has 1 aliphatic carbocycles. The zero-order valence-electron chi connectivity index (χ0n) is 10.7. The van der Waals surface area contributed by atoms with Gasteiger partial charge < -0.3 is 5.21 Å². The van der Waals surface area contributed by atoms with Crippen LogP contribution in [0.1, 0.15) is 52.0 Å². The molecule has 0 spiro atoms. The lowest BCUT2D eigenvalue weighted by molar-refractivity contribution is 0.156. The minimum absolute atomic E-state index is 0.0887. The van der Waals surface area contributed by atoms with Crippen LogP contribution < -0.4 is 5.56 Å². The van der Waals surface area contributed by atoms with Crippen LogP contribution in [0.15, 0.2) is 16.9 Å². The lowest BCUT2D eigenvalue weighted by atomic mass is 9.86. The summed E-state index contributed by atoms with van der Waals surface area (Å²) in [7, 11) is 0. The Kier molecular flexibility index (Phi) is 2.17. The summed E-state index contributed by atoms with van der Waals surface area (Å²) in [6.07, 6.45) is 5.35. The van der Waals surface area contributed by atoms with Crippen molar-refractivity contribution >= 4 is 0 Å². The van der Waals surface area contributed by atoms with Crippen molar-refractivity contribution in [2.24, 2.45) is 0 Å². The van der Waals surface area contributed by atoms with Gasteiger partial charge in [0, 0.05) is 13.3 Å². The van der Waals surface area contributed by atoms with Crippen molar-refractivity contribution in [2.75, 3.05) is 0 Å². The molecule has 0 aliphatic heterocycles. The molecule has 0 unspecified atom stereocenters. The van der Waals surface area contributed by atoms with E-state index in [2.05, 4.69) is 0 Å². The van der Waals surface area contributed by atoms with E-state index in [4.69, 9.17) is 2.74 Å². The van der Waals surface area contributed by atoms with Crippen molar-refractivity contribution in [3.8, 4) is 0 Å². The Bertz CT molecular complexity index is 464. The summed E-state index contributed by atoms with van der Waals surface area (Å²) in [5.41, 5.74) is 0.282. The van der Waals surface area contributed by atoms with E-state index < -0.39 is 5.56 Å². The van der Waals surface area contributed by atoms with Crippen LogP contribution in [-0.2, 0) is 0 Å². The van der Waals surface area contributed by atoms with Crippen LogP contribution in [0, 0.1) is 6.90 Å². The van der Waals surface area contributed by atoms with Crippen LogP contribution in [-0.4, -0.2) is 9.94 Å². The Morgan fingerprint density at radius 3 is 2.93 bits per heavy atom. The molecule has 0 aromatic carbocycles. The van der Waals surface area contributed by atoms with Crippen molar-refractivity contribution in [1.29, 1.82) is 0 Å². The number of nitrogens with zero attached hydrogens (tertiary/aromatic N) is 1. The molecular formula is C12H17NO2. The van der Waals surface area contributed by atoms with Crippen LogP contribution in [0.25, 0.3) is 0 Å². The zero-order valence-corrected chi connectivity index (χ0v) is 8.70. The maximum atomic E-state index is 11.7. The van der Waals surface area contributed by atoms with Crippen molar-refractivity contribution in [3.05, 3.63) is 33.7 Å². The molecular weight excluding hydrogens is 190 g/mol. The second kappa shape index (κ2) is 4.09. The van der Waals surface area contributed by atoms with Crippen LogP contribution in [0.5, 0.6) is 0 Å². The fourth-order valence-electron chi connectivity index (χ4n) is 2.27. The second-order valence-corrected chi connectivity index (χ2v) is 4.17. The molecule has 0 radical (unpaired) electrons. The number of hydrogen-bond acceptors (Lipinski definition) is 2. The molecule has 15 heavy (non-hydrogen) atoms. The smallest absolute Gasteiger partial charge is 0.283 e. The Morgan fingerprint density at radius 1 is 1.53 bits per heavy atom. The predicted molar refractivity (Wildman–Crippen MR) is 58.4 cm³/mol. The summed E-state index contributed by atoms with van der Waals surface area (Å²) in [6, 6.07) is 1.38. The van der Waals surface area contributed by atoms with Crippen LogP contribution in [0.3, 0.4) is 0 Å². The summed E-state index contributed by atoms with van der Waals surface area (Å²) in [4.78, 5) is 11.7. The highest BCUT2D eigenvalue weighted by molar-refractivity contribution is 5.19. The maximum absolute atomic E-state index is 11.7. The second-order valence-electron chi connectivity index (χ2n) is 4.17. The minimum Gasteiger partial charge on any atom is -0.425 e. The van der Waals surface area contributed by atoms with Gasteiger partial charge in [0.05, 0.1) is 7.06 Å². The van der Waals surface area contributed by atoms with E-state index >= 15 is 0 Å². The number of aromatic nitrogens is 1. The minimum atomic E-state index is -0.699. The van der Waals surface area contributed by atoms with Gasteiger partial charge in [-0.25, -0.2) is 0 Å². The van der Waals surface area contributed by atoms with E-state index in [-0.39, 0.29) is 18.9 Å². The lowest BCUT2D eigenvalue weighted by Crippen LogP contribution is -2.23. The Hall–Kier alpha value is -1.25. The molecule has 1 aromatic rings. The summed E-state index contributed by atoms with van der Waals surface area (Å²) < 4.78 is 15.5. The zero-order chi connectivity index (χ0) is 12.4. The molecule has 3 nitrogen and oxygen atoms in total. The summed E-state index contributed by atoms with van der Waals surface area (Å²) >= 11 is 0. The summed E-state index contributed by atoms with van der Waals surface area (Å²) in [5.74, 6) is 0.187. The molecule has 3 heteroatoms. The molecule has 2 rings (SSSR count). The number of aryl methyl sites for hydroxylation is 1. The number of pyridine rings is 1.